The molecule has 0 aromatic carbocycles. The Morgan fingerprint density at radius 2 is 0.692 bits per heavy atom. The van der Waals surface area contributed by atoms with Crippen molar-refractivity contribution in [3.8, 4) is 0 Å². The van der Waals surface area contributed by atoms with Crippen LogP contribution in [0.25, 0.3) is 0 Å². The first-order valence-corrected chi connectivity index (χ1v) is 7.98. The summed E-state index contributed by atoms with van der Waals surface area (Å²) in [5.41, 5.74) is 0. The largest absolute Gasteiger partial charge is 0.466 e. The van der Waals surface area contributed by atoms with E-state index in [1.54, 1.807) is 0 Å². The van der Waals surface area contributed by atoms with Crippen molar-refractivity contribution in [3.05, 3.63) is 0 Å². The van der Waals surface area contributed by atoms with E-state index < -0.39 is 25.7 Å². The van der Waals surface area contributed by atoms with E-state index in [1.807, 2.05) is 0 Å². The van der Waals surface area contributed by atoms with Gasteiger partial charge >= 0.3 is 7.82 Å². The molecule has 0 bridgehead atoms. The average molecular weight is 419 g/mol. The van der Waals surface area contributed by atoms with Crippen LogP contribution in [0.1, 0.15) is 0 Å². The summed E-state index contributed by atoms with van der Waals surface area (Å²) in [5.74, 6) is -7.68. The van der Waals surface area contributed by atoms with Crippen LogP contribution >= 0.6 is 7.82 Å². The molecule has 0 aliphatic carbocycles. The van der Waals surface area contributed by atoms with E-state index in [4.69, 9.17) is 65.2 Å². The molecule has 0 aromatic rings. The average Bonchev–Trinajstić information content (AvgIpc) is 2.22. The maximum absolute atomic E-state index is 8.88. The molecule has 0 saturated heterocycles. The number of nitrogens with one attached hydrogen (secondary N) is 3. The van der Waals surface area contributed by atoms with Crippen molar-refractivity contribution < 1.29 is 65.2 Å². The molecule has 0 unspecified atom stereocenters. The minimum Gasteiger partial charge on any atom is -0.343 e. The molecular formula is C9H30N3O13P. The van der Waals surface area contributed by atoms with Crippen molar-refractivity contribution in [2.24, 2.45) is 0 Å². The quantitative estimate of drug-likeness (QED) is 0.140. The first kappa shape index (κ1) is 33.2. The minimum atomic E-state index is -4.64. The lowest BCUT2D eigenvalue weighted by atomic mass is 10.6. The van der Waals surface area contributed by atoms with Crippen LogP contribution in [-0.4, -0.2) is 119 Å². The van der Waals surface area contributed by atoms with Crippen LogP contribution in [0.5, 0.6) is 0 Å². The molecule has 16 nitrogen and oxygen atoms in total. The number of phosphoric acid groups is 1. The summed E-state index contributed by atoms with van der Waals surface area (Å²) in [6.07, 6.45) is 0. The van der Waals surface area contributed by atoms with Gasteiger partial charge in [-0.25, -0.2) is 4.57 Å². The molecular weight excluding hydrogens is 389 g/mol. The molecule has 0 rings (SSSR count). The maximum atomic E-state index is 8.88. The fourth-order valence-electron chi connectivity index (χ4n) is 0.712. The lowest BCUT2D eigenvalue weighted by molar-refractivity contribution is -0.306. The molecule has 0 saturated carbocycles. The summed E-state index contributed by atoms with van der Waals surface area (Å²) in [6, 6.07) is 0. The van der Waals surface area contributed by atoms with Gasteiger partial charge in [-0.3, -0.25) is 0 Å². The standard InChI is InChI=1S/3C3H9NO3.H3O4P/c3*1-4-2-3(5,6)7;1-5(2,3)4/h3*4-7H,2H2,1H3;(H3,1,2,3,4). The Balaban J connectivity index is -0.000000125. The number of hydrogen-bond donors (Lipinski definition) is 15. The maximum Gasteiger partial charge on any atom is 0.466 e. The zero-order chi connectivity index (χ0) is 22.2. The van der Waals surface area contributed by atoms with Crippen molar-refractivity contribution in [1.82, 2.24) is 16.0 Å². The van der Waals surface area contributed by atoms with Crippen LogP contribution in [0.2, 0.25) is 0 Å². The van der Waals surface area contributed by atoms with Gasteiger partial charge in [-0.1, -0.05) is 0 Å². The predicted molar refractivity (Wildman–Crippen MR) is 84.2 cm³/mol. The second-order valence-corrected chi connectivity index (χ2v) is 5.45. The van der Waals surface area contributed by atoms with Crippen molar-refractivity contribution in [2.75, 3.05) is 40.8 Å². The van der Waals surface area contributed by atoms with E-state index in [0.29, 0.717) is 0 Å². The molecule has 17 heteroatoms. The Kier molecular flexibility index (Phi) is 20.0. The van der Waals surface area contributed by atoms with E-state index in [2.05, 4.69) is 16.0 Å². The van der Waals surface area contributed by atoms with Crippen molar-refractivity contribution in [3.63, 3.8) is 0 Å². The normalized spacial score (nSPS) is 12.0. The third-order valence-electron chi connectivity index (χ3n) is 1.24. The second kappa shape index (κ2) is 15.7. The molecule has 26 heavy (non-hydrogen) atoms. The molecule has 0 radical (unpaired) electrons. The summed E-state index contributed by atoms with van der Waals surface area (Å²) < 4.78 is 8.88. The van der Waals surface area contributed by atoms with Gasteiger partial charge in [0, 0.05) is 0 Å². The molecule has 0 aliphatic heterocycles. The van der Waals surface area contributed by atoms with Gasteiger partial charge in [0.05, 0.1) is 19.6 Å². The van der Waals surface area contributed by atoms with Gasteiger partial charge in [-0.05, 0) is 21.1 Å². The Morgan fingerprint density at radius 1 is 0.577 bits per heavy atom. The number of rotatable bonds is 6. The monoisotopic (exact) mass is 419 g/mol. The Morgan fingerprint density at radius 3 is 0.692 bits per heavy atom. The number of aliphatic hydroxyl groups is 9. The first-order chi connectivity index (χ1) is 11.2. The molecule has 0 amide bonds. The fourth-order valence-corrected chi connectivity index (χ4v) is 0.712. The van der Waals surface area contributed by atoms with Crippen molar-refractivity contribution >= 4 is 7.82 Å². The highest BCUT2D eigenvalue weighted by atomic mass is 31.2. The first-order valence-electron chi connectivity index (χ1n) is 6.42. The third-order valence-corrected chi connectivity index (χ3v) is 1.24. The topological polar surface area (TPSA) is 296 Å². The van der Waals surface area contributed by atoms with E-state index in [1.165, 1.54) is 21.1 Å². The molecule has 0 atom stereocenters. The zero-order valence-corrected chi connectivity index (χ0v) is 15.2. The van der Waals surface area contributed by atoms with Gasteiger partial charge in [0.15, 0.2) is 0 Å². The summed E-state index contributed by atoms with van der Waals surface area (Å²) in [6.45, 7) is -0.729. The van der Waals surface area contributed by atoms with Crippen LogP contribution in [0.4, 0.5) is 0 Å². The Labute approximate surface area is 148 Å². The van der Waals surface area contributed by atoms with Gasteiger partial charge in [0.2, 0.25) is 0 Å². The molecule has 0 aliphatic rings. The predicted octanol–water partition coefficient (Wildman–Crippen LogP) is -7.42. The van der Waals surface area contributed by atoms with E-state index in [-0.39, 0.29) is 19.6 Å². The Hall–Kier alpha value is -0.370. The van der Waals surface area contributed by atoms with E-state index in [9.17, 15) is 0 Å². The second-order valence-electron chi connectivity index (χ2n) is 4.43. The lowest BCUT2D eigenvalue weighted by Gasteiger charge is -2.11. The van der Waals surface area contributed by atoms with Crippen LogP contribution in [-0.2, 0) is 4.57 Å². The third kappa shape index (κ3) is 89.5. The van der Waals surface area contributed by atoms with Gasteiger partial charge in [-0.2, -0.15) is 0 Å². The molecule has 164 valence electrons. The summed E-state index contributed by atoms with van der Waals surface area (Å²) in [5, 5.41) is 79.7. The lowest BCUT2D eigenvalue weighted by Crippen LogP contribution is -2.38. The van der Waals surface area contributed by atoms with Crippen molar-refractivity contribution in [1.29, 1.82) is 0 Å². The number of hydrogen-bond acceptors (Lipinski definition) is 13. The summed E-state index contributed by atoms with van der Waals surface area (Å²) in [7, 11) is -0.147. The van der Waals surface area contributed by atoms with E-state index in [0.717, 1.165) is 0 Å². The minimum absolute atomic E-state index is 0.243. The Bertz CT molecular complexity index is 300. The van der Waals surface area contributed by atoms with Crippen LogP contribution in [0.15, 0.2) is 0 Å². The molecule has 0 aromatic heterocycles. The highest BCUT2D eigenvalue weighted by molar-refractivity contribution is 7.45. The smallest absolute Gasteiger partial charge is 0.343 e. The zero-order valence-electron chi connectivity index (χ0n) is 14.3. The molecule has 0 spiro atoms. The van der Waals surface area contributed by atoms with Crippen LogP contribution in [0.3, 0.4) is 0 Å². The molecule has 15 N–H and O–H groups in total. The van der Waals surface area contributed by atoms with Gasteiger partial charge in [0.25, 0.3) is 17.9 Å². The van der Waals surface area contributed by atoms with Crippen LogP contribution in [0, 0.1) is 0 Å². The van der Waals surface area contributed by atoms with Crippen LogP contribution < -0.4 is 16.0 Å². The number of likely N-dealkylation sites (N-methyl/N-ethyl adjacent to an activating group) is 3. The highest BCUT2D eigenvalue weighted by Gasteiger charge is 2.15. The summed E-state index contributed by atoms with van der Waals surface area (Å²) in [4.78, 5) is 21.6. The van der Waals surface area contributed by atoms with Gasteiger partial charge in [0.1, 0.15) is 0 Å². The van der Waals surface area contributed by atoms with Gasteiger partial charge < -0.3 is 76.6 Å². The van der Waals surface area contributed by atoms with Gasteiger partial charge in [-0.15, -0.1) is 0 Å². The molecule has 0 fully saturated rings. The van der Waals surface area contributed by atoms with Crippen molar-refractivity contribution in [2.45, 2.75) is 17.9 Å². The SMILES string of the molecule is CNCC(O)(O)O.CNCC(O)(O)O.CNCC(O)(O)O.O=P(O)(O)O. The molecule has 0 heterocycles. The van der Waals surface area contributed by atoms with E-state index >= 15 is 0 Å². The fraction of sp³-hybridized carbons (Fsp3) is 1.00. The summed E-state index contributed by atoms with van der Waals surface area (Å²) >= 11 is 0. The highest BCUT2D eigenvalue weighted by Crippen LogP contribution is 2.25.